The van der Waals surface area contributed by atoms with Gasteiger partial charge in [-0.05, 0) is 83.9 Å². The van der Waals surface area contributed by atoms with Crippen LogP contribution in [-0.4, -0.2) is 35.9 Å². The van der Waals surface area contributed by atoms with Crippen molar-refractivity contribution in [1.82, 2.24) is 9.97 Å². The fourth-order valence-corrected chi connectivity index (χ4v) is 5.71. The maximum absolute atomic E-state index is 12.2. The number of pyridine rings is 2. The van der Waals surface area contributed by atoms with E-state index in [4.69, 9.17) is 9.72 Å². The van der Waals surface area contributed by atoms with E-state index in [-0.39, 0.29) is 5.75 Å². The van der Waals surface area contributed by atoms with Crippen molar-refractivity contribution >= 4 is 67.4 Å². The van der Waals surface area contributed by atoms with Gasteiger partial charge in [-0.25, -0.2) is 9.97 Å². The fraction of sp³-hybridized carbons (Fsp3) is 0.0476. The molecule has 8 nitrogen and oxygen atoms in total. The Bertz CT molecular complexity index is 2470. The number of para-hydroxylation sites is 4. The lowest BCUT2D eigenvalue weighted by molar-refractivity contribution is -0.274. The standard InChI is InChI=1S/C21H14F3N3O.C21H17N3O/c22-21(23,24)28-15-11-9-14(10-12-15)13-25-27-20-16-5-1-3-7-18(16)26-19-8-4-2-6-17(19)20;1-25-16-12-10-15(11-13-16)14-22-24-21-17-6-2-4-8-19(17)23-20-9-5-3-7-18(20)21/h1-13H,(H,26,27);2-14H,1H3,(H,23,24)/b25-13-;22-14+. The molecule has 0 saturated carbocycles. The minimum absolute atomic E-state index is 0.274. The van der Waals surface area contributed by atoms with E-state index < -0.39 is 6.36 Å². The molecule has 53 heavy (non-hydrogen) atoms. The quantitative estimate of drug-likeness (QED) is 0.0927. The Hall–Kier alpha value is -7.01. The molecular weight excluding hydrogens is 677 g/mol. The molecule has 2 aromatic heterocycles. The number of hydrogen-bond acceptors (Lipinski definition) is 8. The van der Waals surface area contributed by atoms with Crippen LogP contribution in [0.25, 0.3) is 43.6 Å². The molecule has 0 aliphatic rings. The molecule has 0 bridgehead atoms. The molecule has 8 aromatic rings. The summed E-state index contributed by atoms with van der Waals surface area (Å²) >= 11 is 0. The van der Waals surface area contributed by atoms with Crippen LogP contribution in [0.2, 0.25) is 0 Å². The van der Waals surface area contributed by atoms with E-state index in [1.54, 1.807) is 13.3 Å². The number of aromatic nitrogens is 2. The highest BCUT2D eigenvalue weighted by Gasteiger charge is 2.30. The molecule has 2 N–H and O–H groups in total. The maximum atomic E-state index is 12.2. The molecule has 0 aliphatic heterocycles. The van der Waals surface area contributed by atoms with Gasteiger partial charge in [0, 0.05) is 21.5 Å². The number of benzene rings is 6. The number of methoxy groups -OCH3 is 1. The summed E-state index contributed by atoms with van der Waals surface area (Å²) in [6.45, 7) is 0. The molecule has 0 fully saturated rings. The van der Waals surface area contributed by atoms with Gasteiger partial charge in [0.2, 0.25) is 0 Å². The summed E-state index contributed by atoms with van der Waals surface area (Å²) in [6, 6.07) is 44.8. The van der Waals surface area contributed by atoms with Crippen LogP contribution in [0.4, 0.5) is 24.5 Å². The molecule has 6 aromatic carbocycles. The molecule has 2 heterocycles. The van der Waals surface area contributed by atoms with Gasteiger partial charge in [-0.2, -0.15) is 10.2 Å². The third kappa shape index (κ3) is 8.32. The smallest absolute Gasteiger partial charge is 0.497 e. The van der Waals surface area contributed by atoms with Crippen LogP contribution in [-0.2, 0) is 0 Å². The van der Waals surface area contributed by atoms with Crippen molar-refractivity contribution in [2.24, 2.45) is 10.2 Å². The lowest BCUT2D eigenvalue weighted by Gasteiger charge is -2.10. The second-order valence-electron chi connectivity index (χ2n) is 11.7. The highest BCUT2D eigenvalue weighted by atomic mass is 19.4. The number of rotatable bonds is 8. The van der Waals surface area contributed by atoms with Crippen LogP contribution in [0, 0.1) is 0 Å². The minimum atomic E-state index is -4.71. The second kappa shape index (κ2) is 15.5. The first-order valence-corrected chi connectivity index (χ1v) is 16.5. The molecular formula is C42H31F3N6O2. The summed E-state index contributed by atoms with van der Waals surface area (Å²) in [4.78, 5) is 9.36. The van der Waals surface area contributed by atoms with Crippen molar-refractivity contribution in [3.8, 4) is 11.5 Å². The van der Waals surface area contributed by atoms with Crippen molar-refractivity contribution in [2.75, 3.05) is 18.0 Å². The predicted octanol–water partition coefficient (Wildman–Crippen LogP) is 10.6. The van der Waals surface area contributed by atoms with Crippen LogP contribution in [0.1, 0.15) is 11.1 Å². The van der Waals surface area contributed by atoms with Crippen molar-refractivity contribution in [2.45, 2.75) is 6.36 Å². The summed E-state index contributed by atoms with van der Waals surface area (Å²) < 4.78 is 45.7. The van der Waals surface area contributed by atoms with Gasteiger partial charge < -0.3 is 9.47 Å². The lowest BCUT2D eigenvalue weighted by atomic mass is 10.1. The number of hydrazone groups is 2. The predicted molar refractivity (Wildman–Crippen MR) is 207 cm³/mol. The molecule has 0 amide bonds. The molecule has 11 heteroatoms. The van der Waals surface area contributed by atoms with Crippen LogP contribution >= 0.6 is 0 Å². The second-order valence-corrected chi connectivity index (χ2v) is 11.7. The lowest BCUT2D eigenvalue weighted by Crippen LogP contribution is -2.17. The SMILES string of the molecule is COc1ccc(/C=N/Nc2c3ccccc3nc3ccccc23)cc1.FC(F)(F)Oc1ccc(/C=N\Nc2c3ccccc3nc3ccccc23)cc1. The van der Waals surface area contributed by atoms with Crippen molar-refractivity contribution in [3.63, 3.8) is 0 Å². The molecule has 0 atom stereocenters. The number of ether oxygens (including phenoxy) is 2. The van der Waals surface area contributed by atoms with Crippen molar-refractivity contribution < 1.29 is 22.6 Å². The summed E-state index contributed by atoms with van der Waals surface area (Å²) in [7, 11) is 1.66. The third-order valence-corrected chi connectivity index (χ3v) is 8.18. The number of nitrogens with one attached hydrogen (secondary N) is 2. The highest BCUT2D eigenvalue weighted by Crippen LogP contribution is 2.32. The van der Waals surface area contributed by atoms with Crippen LogP contribution in [0.5, 0.6) is 11.5 Å². The number of anilines is 2. The van der Waals surface area contributed by atoms with E-state index in [2.05, 4.69) is 42.9 Å². The Morgan fingerprint density at radius 1 is 0.491 bits per heavy atom. The third-order valence-electron chi connectivity index (χ3n) is 8.18. The number of fused-ring (bicyclic) bond motifs is 4. The van der Waals surface area contributed by atoms with Gasteiger partial charge >= 0.3 is 6.36 Å². The van der Waals surface area contributed by atoms with E-state index >= 15 is 0 Å². The monoisotopic (exact) mass is 708 g/mol. The van der Waals surface area contributed by atoms with Crippen molar-refractivity contribution in [1.29, 1.82) is 0 Å². The average molecular weight is 709 g/mol. The summed E-state index contributed by atoms with van der Waals surface area (Å²) in [6.07, 6.45) is -1.38. The maximum Gasteiger partial charge on any atom is 0.573 e. The fourth-order valence-electron chi connectivity index (χ4n) is 5.71. The molecule has 0 spiro atoms. The van der Waals surface area contributed by atoms with Crippen molar-refractivity contribution in [3.05, 3.63) is 157 Å². The normalized spacial score (nSPS) is 11.6. The van der Waals surface area contributed by atoms with Crippen LogP contribution < -0.4 is 20.3 Å². The Morgan fingerprint density at radius 2 is 0.830 bits per heavy atom. The molecule has 0 saturated heterocycles. The minimum Gasteiger partial charge on any atom is -0.497 e. The zero-order valence-corrected chi connectivity index (χ0v) is 28.3. The zero-order valence-electron chi connectivity index (χ0n) is 28.3. The van der Waals surface area contributed by atoms with E-state index in [0.29, 0.717) is 5.56 Å². The average Bonchev–Trinajstić information content (AvgIpc) is 3.18. The Labute approximate surface area is 302 Å². The van der Waals surface area contributed by atoms with E-state index in [0.717, 1.165) is 66.3 Å². The highest BCUT2D eigenvalue weighted by molar-refractivity contribution is 6.08. The van der Waals surface area contributed by atoms with E-state index in [1.165, 1.54) is 30.5 Å². The summed E-state index contributed by atoms with van der Waals surface area (Å²) in [5.74, 6) is 0.556. The number of alkyl halides is 3. The van der Waals surface area contributed by atoms with E-state index in [1.807, 2.05) is 109 Å². The van der Waals surface area contributed by atoms with Gasteiger partial charge in [0.05, 0.1) is 53.0 Å². The molecule has 0 aliphatic carbocycles. The van der Waals surface area contributed by atoms with Gasteiger partial charge in [0.1, 0.15) is 11.5 Å². The van der Waals surface area contributed by atoms with Gasteiger partial charge in [-0.15, -0.1) is 13.2 Å². The number of halogens is 3. The topological polar surface area (TPSA) is 93.0 Å². The zero-order chi connectivity index (χ0) is 36.6. The molecule has 8 rings (SSSR count). The van der Waals surface area contributed by atoms with E-state index in [9.17, 15) is 13.2 Å². The molecule has 262 valence electrons. The molecule has 0 unspecified atom stereocenters. The first kappa shape index (κ1) is 34.4. The summed E-state index contributed by atoms with van der Waals surface area (Å²) in [5, 5.41) is 12.6. The van der Waals surface area contributed by atoms with Crippen LogP contribution in [0.15, 0.2) is 156 Å². The number of nitrogens with zero attached hydrogens (tertiary/aromatic N) is 4. The Balaban J connectivity index is 0.000000165. The largest absolute Gasteiger partial charge is 0.573 e. The molecule has 0 radical (unpaired) electrons. The number of hydrogen-bond donors (Lipinski definition) is 2. The summed E-state index contributed by atoms with van der Waals surface area (Å²) in [5.41, 5.74) is 13.2. The first-order valence-electron chi connectivity index (χ1n) is 16.5. The van der Waals surface area contributed by atoms with Crippen LogP contribution in [0.3, 0.4) is 0 Å². The Kier molecular flexibility index (Phi) is 10.1. The first-order chi connectivity index (χ1) is 25.8. The van der Waals surface area contributed by atoms with Gasteiger partial charge in [-0.3, -0.25) is 10.9 Å². The van der Waals surface area contributed by atoms with Gasteiger partial charge in [0.15, 0.2) is 0 Å². The van der Waals surface area contributed by atoms with Gasteiger partial charge in [0.25, 0.3) is 0 Å². The van der Waals surface area contributed by atoms with Gasteiger partial charge in [-0.1, -0.05) is 72.8 Å². The Morgan fingerprint density at radius 3 is 1.17 bits per heavy atom.